The number of ether oxygens (including phenoxy) is 3. The van der Waals surface area contributed by atoms with Crippen LogP contribution in [0.15, 0.2) is 0 Å². The third kappa shape index (κ3) is 4.08. The van der Waals surface area contributed by atoms with Crippen LogP contribution < -0.4 is 5.73 Å². The first-order chi connectivity index (χ1) is 7.69. The average molecular weight is 231 g/mol. The highest BCUT2D eigenvalue weighted by molar-refractivity contribution is 5.80. The van der Waals surface area contributed by atoms with Crippen LogP contribution in [0.3, 0.4) is 0 Å². The molecule has 1 saturated carbocycles. The Hall–Kier alpha value is -0.650. The Balaban J connectivity index is 2.06. The Labute approximate surface area is 96.2 Å². The van der Waals surface area contributed by atoms with Crippen molar-refractivity contribution in [1.29, 1.82) is 0 Å². The molecule has 0 aromatic rings. The normalized spacial score (nSPS) is 18.6. The Morgan fingerprint density at radius 1 is 1.19 bits per heavy atom. The van der Waals surface area contributed by atoms with E-state index in [1.165, 1.54) is 0 Å². The van der Waals surface area contributed by atoms with Crippen LogP contribution in [0, 0.1) is 0 Å². The molecule has 0 aromatic carbocycles. The third-order valence-corrected chi connectivity index (χ3v) is 2.79. The number of carbonyl (C=O) groups excluding carboxylic acids is 1. The first-order valence-corrected chi connectivity index (χ1v) is 5.72. The molecule has 0 saturated heterocycles. The lowest BCUT2D eigenvalue weighted by molar-refractivity contribution is -0.151. The fourth-order valence-electron chi connectivity index (χ4n) is 1.79. The fraction of sp³-hybridized carbons (Fsp3) is 0.909. The molecule has 1 aliphatic rings. The van der Waals surface area contributed by atoms with Gasteiger partial charge in [0.1, 0.15) is 12.1 Å². The van der Waals surface area contributed by atoms with Crippen molar-refractivity contribution in [2.24, 2.45) is 5.73 Å². The topological polar surface area (TPSA) is 70.8 Å². The van der Waals surface area contributed by atoms with Crippen molar-refractivity contribution < 1.29 is 19.0 Å². The van der Waals surface area contributed by atoms with Crippen molar-refractivity contribution in [3.63, 3.8) is 0 Å². The number of hydrogen-bond acceptors (Lipinski definition) is 5. The van der Waals surface area contributed by atoms with Crippen LogP contribution in [0.25, 0.3) is 0 Å². The smallest absolute Gasteiger partial charge is 0.326 e. The molecule has 5 nitrogen and oxygen atoms in total. The Kier molecular flexibility index (Phi) is 5.73. The maximum atomic E-state index is 11.6. The van der Waals surface area contributed by atoms with Gasteiger partial charge in [0.15, 0.2) is 0 Å². The molecule has 0 bridgehead atoms. The molecule has 1 rings (SSSR count). The highest BCUT2D eigenvalue weighted by atomic mass is 16.6. The van der Waals surface area contributed by atoms with E-state index in [9.17, 15) is 4.79 Å². The van der Waals surface area contributed by atoms with Crippen LogP contribution in [-0.4, -0.2) is 45.0 Å². The van der Waals surface area contributed by atoms with E-state index in [2.05, 4.69) is 0 Å². The second kappa shape index (κ2) is 6.83. The summed E-state index contributed by atoms with van der Waals surface area (Å²) < 4.78 is 15.1. The summed E-state index contributed by atoms with van der Waals surface area (Å²) in [6.45, 7) is 1.73. The molecule has 0 amide bonds. The van der Waals surface area contributed by atoms with Crippen LogP contribution in [-0.2, 0) is 19.0 Å². The predicted octanol–water partition coefficient (Wildman–Crippen LogP) is 0.464. The van der Waals surface area contributed by atoms with Crippen LogP contribution in [0.5, 0.6) is 0 Å². The van der Waals surface area contributed by atoms with Gasteiger partial charge >= 0.3 is 5.97 Å². The largest absolute Gasteiger partial charge is 0.462 e. The van der Waals surface area contributed by atoms with E-state index in [0.717, 1.165) is 25.7 Å². The maximum Gasteiger partial charge on any atom is 0.326 e. The molecule has 0 aromatic heterocycles. The number of nitrogens with two attached hydrogens (primary N) is 1. The molecule has 0 heterocycles. The summed E-state index contributed by atoms with van der Waals surface area (Å²) in [4.78, 5) is 11.6. The van der Waals surface area contributed by atoms with Gasteiger partial charge in [0.05, 0.1) is 19.8 Å². The first kappa shape index (κ1) is 13.4. The highest BCUT2D eigenvalue weighted by Crippen LogP contribution is 2.28. The molecular weight excluding hydrogens is 210 g/mol. The fourth-order valence-corrected chi connectivity index (χ4v) is 1.79. The van der Waals surface area contributed by atoms with Crippen molar-refractivity contribution in [2.75, 3.05) is 33.5 Å². The second-order valence-corrected chi connectivity index (χ2v) is 4.10. The summed E-state index contributed by atoms with van der Waals surface area (Å²) >= 11 is 0. The summed E-state index contributed by atoms with van der Waals surface area (Å²) in [6, 6.07) is 0. The molecule has 1 aliphatic carbocycles. The van der Waals surface area contributed by atoms with Gasteiger partial charge in [-0.25, -0.2) is 0 Å². The van der Waals surface area contributed by atoms with E-state index in [1.54, 1.807) is 7.11 Å². The summed E-state index contributed by atoms with van der Waals surface area (Å²) in [7, 11) is 1.61. The van der Waals surface area contributed by atoms with Gasteiger partial charge in [-0.3, -0.25) is 4.79 Å². The standard InChI is InChI=1S/C11H21NO4/c1-14-6-7-15-8-9-16-10(13)11(12)4-2-3-5-11/h2-9,12H2,1H3. The number of methoxy groups -OCH3 is 1. The minimum absolute atomic E-state index is 0.265. The van der Waals surface area contributed by atoms with Gasteiger partial charge in [-0.1, -0.05) is 12.8 Å². The number of carbonyl (C=O) groups is 1. The molecule has 5 heteroatoms. The van der Waals surface area contributed by atoms with E-state index in [0.29, 0.717) is 19.8 Å². The van der Waals surface area contributed by atoms with Crippen molar-refractivity contribution in [1.82, 2.24) is 0 Å². The van der Waals surface area contributed by atoms with E-state index in [1.807, 2.05) is 0 Å². The minimum atomic E-state index is -0.744. The van der Waals surface area contributed by atoms with Gasteiger partial charge in [0.2, 0.25) is 0 Å². The Morgan fingerprint density at radius 2 is 1.81 bits per heavy atom. The second-order valence-electron chi connectivity index (χ2n) is 4.10. The quantitative estimate of drug-likeness (QED) is 0.509. The van der Waals surface area contributed by atoms with Crippen LogP contribution in [0.2, 0.25) is 0 Å². The van der Waals surface area contributed by atoms with Gasteiger partial charge in [-0.15, -0.1) is 0 Å². The van der Waals surface area contributed by atoms with Crippen LogP contribution >= 0.6 is 0 Å². The molecule has 0 aliphatic heterocycles. The monoisotopic (exact) mass is 231 g/mol. The maximum absolute atomic E-state index is 11.6. The highest BCUT2D eigenvalue weighted by Gasteiger charge is 2.38. The van der Waals surface area contributed by atoms with Gasteiger partial charge in [0, 0.05) is 7.11 Å². The molecule has 16 heavy (non-hydrogen) atoms. The third-order valence-electron chi connectivity index (χ3n) is 2.79. The first-order valence-electron chi connectivity index (χ1n) is 5.72. The lowest BCUT2D eigenvalue weighted by Crippen LogP contribution is -2.46. The average Bonchev–Trinajstić information content (AvgIpc) is 2.71. The summed E-state index contributed by atoms with van der Waals surface area (Å²) in [5.41, 5.74) is 5.19. The number of rotatable bonds is 7. The van der Waals surface area contributed by atoms with E-state index >= 15 is 0 Å². The summed E-state index contributed by atoms with van der Waals surface area (Å²) in [5.74, 6) is -0.291. The zero-order valence-electron chi connectivity index (χ0n) is 9.87. The minimum Gasteiger partial charge on any atom is -0.462 e. The van der Waals surface area contributed by atoms with Crippen LogP contribution in [0.1, 0.15) is 25.7 Å². The van der Waals surface area contributed by atoms with E-state index in [-0.39, 0.29) is 12.6 Å². The lowest BCUT2D eigenvalue weighted by atomic mass is 10.00. The molecule has 0 unspecified atom stereocenters. The summed E-state index contributed by atoms with van der Waals surface area (Å²) in [5, 5.41) is 0. The van der Waals surface area contributed by atoms with E-state index in [4.69, 9.17) is 19.9 Å². The van der Waals surface area contributed by atoms with Crippen molar-refractivity contribution >= 4 is 5.97 Å². The SMILES string of the molecule is COCCOCCOC(=O)C1(N)CCCC1. The molecule has 1 fully saturated rings. The molecule has 94 valence electrons. The van der Waals surface area contributed by atoms with Gasteiger partial charge in [-0.05, 0) is 12.8 Å². The molecular formula is C11H21NO4. The van der Waals surface area contributed by atoms with Crippen molar-refractivity contribution in [3.8, 4) is 0 Å². The van der Waals surface area contributed by atoms with Crippen LogP contribution in [0.4, 0.5) is 0 Å². The van der Waals surface area contributed by atoms with E-state index < -0.39 is 5.54 Å². The molecule has 0 radical (unpaired) electrons. The molecule has 0 spiro atoms. The number of esters is 1. The Bertz CT molecular complexity index is 214. The summed E-state index contributed by atoms with van der Waals surface area (Å²) in [6.07, 6.45) is 3.48. The zero-order valence-corrected chi connectivity index (χ0v) is 9.87. The van der Waals surface area contributed by atoms with Gasteiger partial charge in [-0.2, -0.15) is 0 Å². The predicted molar refractivity (Wildman–Crippen MR) is 59.0 cm³/mol. The lowest BCUT2D eigenvalue weighted by Gasteiger charge is -2.20. The number of hydrogen-bond donors (Lipinski definition) is 1. The van der Waals surface area contributed by atoms with Crippen molar-refractivity contribution in [3.05, 3.63) is 0 Å². The van der Waals surface area contributed by atoms with Gasteiger partial charge in [0.25, 0.3) is 0 Å². The molecule has 0 atom stereocenters. The molecule has 2 N–H and O–H groups in total. The van der Waals surface area contributed by atoms with Crippen molar-refractivity contribution in [2.45, 2.75) is 31.2 Å². The van der Waals surface area contributed by atoms with Gasteiger partial charge < -0.3 is 19.9 Å². The zero-order chi connectivity index (χ0) is 11.9. The Morgan fingerprint density at radius 3 is 2.44 bits per heavy atom.